The van der Waals surface area contributed by atoms with Crippen molar-refractivity contribution in [2.24, 2.45) is 7.05 Å². The topological polar surface area (TPSA) is 34.5 Å². The van der Waals surface area contributed by atoms with Crippen molar-refractivity contribution in [1.82, 2.24) is 9.47 Å². The van der Waals surface area contributed by atoms with Crippen LogP contribution in [0.5, 0.6) is 5.75 Å². The molecule has 1 aromatic heterocycles. The molecular formula is C17H22N2O2. The van der Waals surface area contributed by atoms with E-state index in [0.29, 0.717) is 17.9 Å². The predicted molar refractivity (Wildman–Crippen MR) is 83.4 cm³/mol. The number of carbonyl (C=O) groups excluding carboxylic acids is 1. The lowest BCUT2D eigenvalue weighted by Crippen LogP contribution is -2.36. The van der Waals surface area contributed by atoms with Crippen molar-refractivity contribution in [1.29, 1.82) is 0 Å². The Kier molecular flexibility index (Phi) is 4.68. The van der Waals surface area contributed by atoms with E-state index in [1.54, 1.807) is 13.2 Å². The number of ether oxygens (including phenoxy) is 1. The summed E-state index contributed by atoms with van der Waals surface area (Å²) in [5.41, 5.74) is 1.76. The van der Waals surface area contributed by atoms with E-state index in [0.717, 1.165) is 5.69 Å². The van der Waals surface area contributed by atoms with Gasteiger partial charge in [0.1, 0.15) is 5.75 Å². The maximum absolute atomic E-state index is 12.8. The molecule has 0 N–H and O–H groups in total. The number of rotatable bonds is 5. The van der Waals surface area contributed by atoms with Crippen LogP contribution in [0.3, 0.4) is 0 Å². The fourth-order valence-electron chi connectivity index (χ4n) is 2.25. The largest absolute Gasteiger partial charge is 0.497 e. The summed E-state index contributed by atoms with van der Waals surface area (Å²) in [6.45, 7) is 4.65. The molecule has 0 saturated heterocycles. The summed E-state index contributed by atoms with van der Waals surface area (Å²) in [5, 5.41) is 0. The van der Waals surface area contributed by atoms with E-state index in [4.69, 9.17) is 4.74 Å². The number of methoxy groups -OCH3 is 1. The van der Waals surface area contributed by atoms with Gasteiger partial charge in [0.2, 0.25) is 0 Å². The summed E-state index contributed by atoms with van der Waals surface area (Å²) < 4.78 is 7.23. The van der Waals surface area contributed by atoms with Crippen LogP contribution in [-0.4, -0.2) is 28.5 Å². The van der Waals surface area contributed by atoms with Crippen LogP contribution in [0.4, 0.5) is 0 Å². The molecule has 0 saturated carbocycles. The van der Waals surface area contributed by atoms with Crippen molar-refractivity contribution >= 4 is 5.91 Å². The van der Waals surface area contributed by atoms with Crippen LogP contribution in [0.1, 0.15) is 29.9 Å². The molecule has 112 valence electrons. The number of aryl methyl sites for hydroxylation is 1. The smallest absolute Gasteiger partial charge is 0.254 e. The maximum Gasteiger partial charge on any atom is 0.254 e. The van der Waals surface area contributed by atoms with E-state index in [1.807, 2.05) is 66.9 Å². The van der Waals surface area contributed by atoms with Crippen LogP contribution in [0.2, 0.25) is 0 Å². The number of amides is 1. The van der Waals surface area contributed by atoms with Crippen molar-refractivity contribution < 1.29 is 9.53 Å². The molecule has 0 radical (unpaired) electrons. The molecular weight excluding hydrogens is 264 g/mol. The molecule has 0 fully saturated rings. The van der Waals surface area contributed by atoms with Crippen LogP contribution in [0.25, 0.3) is 0 Å². The van der Waals surface area contributed by atoms with Gasteiger partial charge in [-0.1, -0.05) is 6.07 Å². The molecule has 0 bridgehead atoms. The lowest BCUT2D eigenvalue weighted by Gasteiger charge is -2.27. The summed E-state index contributed by atoms with van der Waals surface area (Å²) >= 11 is 0. The molecule has 0 aliphatic rings. The zero-order chi connectivity index (χ0) is 15.4. The average molecular weight is 286 g/mol. The van der Waals surface area contributed by atoms with Crippen molar-refractivity contribution in [2.75, 3.05) is 7.11 Å². The summed E-state index contributed by atoms with van der Waals surface area (Å²) in [5.74, 6) is 0.716. The first kappa shape index (κ1) is 15.2. The minimum Gasteiger partial charge on any atom is -0.497 e. The monoisotopic (exact) mass is 286 g/mol. The summed E-state index contributed by atoms with van der Waals surface area (Å²) in [6.07, 6.45) is 1.99. The van der Waals surface area contributed by atoms with Crippen LogP contribution in [0.15, 0.2) is 42.6 Å². The molecule has 0 unspecified atom stereocenters. The number of hydrogen-bond acceptors (Lipinski definition) is 2. The van der Waals surface area contributed by atoms with Gasteiger partial charge < -0.3 is 14.2 Å². The highest BCUT2D eigenvalue weighted by molar-refractivity contribution is 5.94. The van der Waals surface area contributed by atoms with Crippen molar-refractivity contribution in [2.45, 2.75) is 26.4 Å². The Morgan fingerprint density at radius 3 is 2.62 bits per heavy atom. The number of nitrogens with zero attached hydrogens (tertiary/aromatic N) is 2. The highest BCUT2D eigenvalue weighted by Gasteiger charge is 2.20. The Morgan fingerprint density at radius 2 is 2.05 bits per heavy atom. The lowest BCUT2D eigenvalue weighted by molar-refractivity contribution is 0.0686. The zero-order valence-corrected chi connectivity index (χ0v) is 13.0. The van der Waals surface area contributed by atoms with E-state index in [-0.39, 0.29) is 11.9 Å². The molecule has 21 heavy (non-hydrogen) atoms. The van der Waals surface area contributed by atoms with Gasteiger partial charge in [-0.25, -0.2) is 0 Å². The molecule has 2 aromatic rings. The summed E-state index contributed by atoms with van der Waals surface area (Å²) in [6, 6.07) is 11.4. The SMILES string of the molecule is COc1cccc(C(=O)N(Cc2cccn2C)C(C)C)c1. The third kappa shape index (κ3) is 3.45. The second-order valence-electron chi connectivity index (χ2n) is 5.37. The van der Waals surface area contributed by atoms with Crippen LogP contribution in [-0.2, 0) is 13.6 Å². The van der Waals surface area contributed by atoms with Gasteiger partial charge in [-0.05, 0) is 44.2 Å². The van der Waals surface area contributed by atoms with Gasteiger partial charge >= 0.3 is 0 Å². The van der Waals surface area contributed by atoms with Crippen LogP contribution < -0.4 is 4.74 Å². The van der Waals surface area contributed by atoms with E-state index in [1.165, 1.54) is 0 Å². The van der Waals surface area contributed by atoms with Gasteiger partial charge in [-0.3, -0.25) is 4.79 Å². The molecule has 0 aliphatic carbocycles. The number of aromatic nitrogens is 1. The Labute approximate surface area is 125 Å². The van der Waals surface area contributed by atoms with E-state index < -0.39 is 0 Å². The van der Waals surface area contributed by atoms with E-state index in [9.17, 15) is 4.79 Å². The Bertz CT molecular complexity index is 617. The van der Waals surface area contributed by atoms with Gasteiger partial charge in [0, 0.05) is 30.5 Å². The Morgan fingerprint density at radius 1 is 1.29 bits per heavy atom. The molecule has 1 heterocycles. The molecule has 4 nitrogen and oxygen atoms in total. The van der Waals surface area contributed by atoms with Crippen LogP contribution in [0, 0.1) is 0 Å². The maximum atomic E-state index is 12.8. The number of benzene rings is 1. The highest BCUT2D eigenvalue weighted by Crippen LogP contribution is 2.17. The quantitative estimate of drug-likeness (QED) is 0.846. The number of carbonyl (C=O) groups is 1. The standard InChI is InChI=1S/C17H22N2O2/c1-13(2)19(12-15-8-6-10-18(15)3)17(20)14-7-5-9-16(11-14)21-4/h5-11,13H,12H2,1-4H3. The molecule has 1 amide bonds. The van der Waals surface area contributed by atoms with Crippen molar-refractivity contribution in [3.05, 3.63) is 53.9 Å². The van der Waals surface area contributed by atoms with Gasteiger partial charge in [-0.15, -0.1) is 0 Å². The van der Waals surface area contributed by atoms with Gasteiger partial charge in [0.25, 0.3) is 5.91 Å². The fourth-order valence-corrected chi connectivity index (χ4v) is 2.25. The molecule has 0 spiro atoms. The third-order valence-corrected chi connectivity index (χ3v) is 3.58. The second-order valence-corrected chi connectivity index (χ2v) is 5.37. The first-order valence-corrected chi connectivity index (χ1v) is 7.08. The van der Waals surface area contributed by atoms with E-state index >= 15 is 0 Å². The molecule has 0 aliphatic heterocycles. The van der Waals surface area contributed by atoms with Crippen LogP contribution >= 0.6 is 0 Å². The van der Waals surface area contributed by atoms with Gasteiger partial charge in [0.05, 0.1) is 13.7 Å². The van der Waals surface area contributed by atoms with Crippen molar-refractivity contribution in [3.63, 3.8) is 0 Å². The second kappa shape index (κ2) is 6.48. The normalized spacial score (nSPS) is 10.7. The van der Waals surface area contributed by atoms with Gasteiger partial charge in [-0.2, -0.15) is 0 Å². The molecule has 0 atom stereocenters. The third-order valence-electron chi connectivity index (χ3n) is 3.58. The van der Waals surface area contributed by atoms with Gasteiger partial charge in [0.15, 0.2) is 0 Å². The Balaban J connectivity index is 2.25. The molecule has 2 rings (SSSR count). The zero-order valence-electron chi connectivity index (χ0n) is 13.0. The summed E-state index contributed by atoms with van der Waals surface area (Å²) in [7, 11) is 3.59. The highest BCUT2D eigenvalue weighted by atomic mass is 16.5. The fraction of sp³-hybridized carbons (Fsp3) is 0.353. The van der Waals surface area contributed by atoms with Crippen molar-refractivity contribution in [3.8, 4) is 5.75 Å². The minimum atomic E-state index is 0.0186. The molecule has 1 aromatic carbocycles. The Hall–Kier alpha value is -2.23. The van der Waals surface area contributed by atoms with E-state index in [2.05, 4.69) is 0 Å². The first-order valence-electron chi connectivity index (χ1n) is 7.08. The first-order chi connectivity index (χ1) is 10.0. The summed E-state index contributed by atoms with van der Waals surface area (Å²) in [4.78, 5) is 14.6. The minimum absolute atomic E-state index is 0.0186. The lowest BCUT2D eigenvalue weighted by atomic mass is 10.1. The average Bonchev–Trinajstić information content (AvgIpc) is 2.89. The predicted octanol–water partition coefficient (Wildman–Crippen LogP) is 3.08. The number of hydrogen-bond donors (Lipinski definition) is 0. The molecule has 4 heteroatoms.